The van der Waals surface area contributed by atoms with Gasteiger partial charge in [0.15, 0.2) is 0 Å². The first-order valence-electron chi connectivity index (χ1n) is 13.0. The lowest BCUT2D eigenvalue weighted by molar-refractivity contribution is -0.808. The van der Waals surface area contributed by atoms with Gasteiger partial charge in [-0.15, -0.1) is 13.5 Å². The molecule has 0 unspecified atom stereocenters. The van der Waals surface area contributed by atoms with Crippen molar-refractivity contribution in [2.75, 3.05) is 6.54 Å². The number of unbranched alkanes of at least 4 members (excludes halogenated alkanes) is 7. The van der Waals surface area contributed by atoms with Gasteiger partial charge in [-0.05, 0) is 12.8 Å². The third-order valence-electron chi connectivity index (χ3n) is 6.56. The van der Waals surface area contributed by atoms with Gasteiger partial charge in [0.2, 0.25) is 0 Å². The highest BCUT2D eigenvalue weighted by atomic mass is 79.9. The van der Waals surface area contributed by atoms with Crippen molar-refractivity contribution in [1.29, 1.82) is 0 Å². The summed E-state index contributed by atoms with van der Waals surface area (Å²) in [5.41, 5.74) is 0. The summed E-state index contributed by atoms with van der Waals surface area (Å²) in [6, 6.07) is -13.8. The summed E-state index contributed by atoms with van der Waals surface area (Å²) in [6.45, 7) is 0.654. The van der Waals surface area contributed by atoms with E-state index in [1.165, 1.54) is 0 Å². The van der Waals surface area contributed by atoms with E-state index in [1.807, 2.05) is 6.92 Å². The van der Waals surface area contributed by atoms with E-state index >= 15 is 0 Å². The molecule has 0 atom stereocenters. The maximum atomic E-state index is 14.0. The zero-order valence-corrected chi connectivity index (χ0v) is 26.6. The Kier molecular flexibility index (Phi) is 15.9. The van der Waals surface area contributed by atoms with Gasteiger partial charge in [-0.3, -0.25) is 5.32 Å². The topological polar surface area (TPSA) is 62.8 Å². The van der Waals surface area contributed by atoms with Gasteiger partial charge in [-0.1, -0.05) is 45.4 Å². The van der Waals surface area contributed by atoms with E-state index in [0.717, 1.165) is 19.3 Å². The summed E-state index contributed by atoms with van der Waals surface area (Å²) < 4.78 is 331. The molecule has 0 aliphatic carbocycles. The molecule has 0 aliphatic rings. The first kappa shape index (κ1) is 50.8. The number of hydrogen-bond acceptors (Lipinski definition) is 2. The quantitative estimate of drug-likeness (QED) is 0.0923. The Labute approximate surface area is 276 Å². The van der Waals surface area contributed by atoms with Crippen molar-refractivity contribution in [2.24, 2.45) is 0 Å². The molecule has 0 aromatic rings. The van der Waals surface area contributed by atoms with Crippen molar-refractivity contribution in [3.8, 4) is 0 Å². The fraction of sp³-hybridized carbons (Fsp3) is 1.00. The lowest BCUT2D eigenvalue weighted by Gasteiger charge is -2.42. The maximum absolute atomic E-state index is 14.0. The minimum atomic E-state index is -9.33. The second-order valence-electron chi connectivity index (χ2n) is 10.3. The SMILES string of the molecule is CCCCCCCCCC[NH2+]C(F)(F)C(F)(F)C(F)(F)NS(=O)(=O)C(F)(F)C(F)(F)C(F)(F)C(F)(F)C(F)(F)C(F)(F)C(F)(F)C(F)(F)F.[Br-]. The molecule has 0 rings (SSSR count). The van der Waals surface area contributed by atoms with Crippen LogP contribution in [0, 0.1) is 0 Å². The molecule has 0 bridgehead atoms. The number of nitrogens with one attached hydrogen (secondary N) is 1. The summed E-state index contributed by atoms with van der Waals surface area (Å²) >= 11 is 0. The number of halogens is 24. The Morgan fingerprint density at radius 3 is 1.14 bits per heavy atom. The van der Waals surface area contributed by atoms with E-state index in [-0.39, 0.29) is 29.8 Å². The van der Waals surface area contributed by atoms with Gasteiger partial charge in [-0.25, -0.2) is 8.42 Å². The van der Waals surface area contributed by atoms with Gasteiger partial charge < -0.3 is 17.0 Å². The highest BCUT2D eigenvalue weighted by Gasteiger charge is 2.96. The van der Waals surface area contributed by atoms with Crippen LogP contribution in [0.25, 0.3) is 0 Å². The van der Waals surface area contributed by atoms with Gasteiger partial charge in [0.25, 0.3) is 10.0 Å². The smallest absolute Gasteiger partial charge is 0.460 e. The largest absolute Gasteiger partial charge is 1.00 e. The van der Waals surface area contributed by atoms with Crippen LogP contribution in [-0.2, 0) is 10.0 Å². The van der Waals surface area contributed by atoms with Crippen molar-refractivity contribution in [1.82, 2.24) is 4.72 Å². The standard InChI is InChI=1S/C21H23F23N2O2S.BrH/c1-2-3-4-5-6-7-8-9-10-45-19(39,40)17(34,35)20(41,42)46-49(47,48)21(43,44)16(32,33)14(28,29)12(24,25)11(22,23)13(26,27)15(30,31)18(36,37)38;/h45-46H,2-10H2,1H3;1H. The predicted molar refractivity (Wildman–Crippen MR) is 117 cm³/mol. The Morgan fingerprint density at radius 1 is 0.460 bits per heavy atom. The monoisotopic (exact) mass is 884 g/mol. The molecule has 0 heterocycles. The lowest BCUT2D eigenvalue weighted by atomic mass is 9.91. The molecule has 4 nitrogen and oxygen atoms in total. The second-order valence-corrected chi connectivity index (χ2v) is 12.0. The normalized spacial score (nSPS) is 15.7. The van der Waals surface area contributed by atoms with Crippen LogP contribution < -0.4 is 27.0 Å². The fourth-order valence-electron chi connectivity index (χ4n) is 3.51. The molecule has 0 spiro atoms. The van der Waals surface area contributed by atoms with E-state index in [1.54, 1.807) is 0 Å². The summed E-state index contributed by atoms with van der Waals surface area (Å²) in [5, 5.41) is -9.63. The minimum Gasteiger partial charge on any atom is -1.00 e. The Balaban J connectivity index is 0. The summed E-state index contributed by atoms with van der Waals surface area (Å²) in [6.07, 6.45) is -4.72. The van der Waals surface area contributed by atoms with Crippen molar-refractivity contribution in [3.63, 3.8) is 0 Å². The molecule has 0 fully saturated rings. The van der Waals surface area contributed by atoms with Crippen molar-refractivity contribution < 1.29 is 132 Å². The van der Waals surface area contributed by atoms with Crippen molar-refractivity contribution in [2.45, 2.75) is 123 Å². The van der Waals surface area contributed by atoms with Gasteiger partial charge in [-0.2, -0.15) is 92.2 Å². The molecule has 0 aromatic heterocycles. The molecule has 0 aliphatic heterocycles. The summed E-state index contributed by atoms with van der Waals surface area (Å²) in [7, 11) is -9.02. The number of nitrogens with two attached hydrogens (primary N) is 1. The number of alkyl halides is 23. The zero-order chi connectivity index (χ0) is 39.8. The van der Waals surface area contributed by atoms with Crippen LogP contribution in [0.4, 0.5) is 101 Å². The molecular weight excluding hydrogens is 861 g/mol. The molecular formula is C21H24BrF23N2O2S. The third kappa shape index (κ3) is 8.58. The summed E-state index contributed by atoms with van der Waals surface area (Å²) in [4.78, 5) is 0. The van der Waals surface area contributed by atoms with E-state index in [0.29, 0.717) is 12.8 Å². The molecule has 29 heteroatoms. The third-order valence-corrected chi connectivity index (χ3v) is 8.02. The first-order valence-corrected chi connectivity index (χ1v) is 14.5. The maximum Gasteiger partial charge on any atom is 0.460 e. The molecule has 0 aromatic carbocycles. The van der Waals surface area contributed by atoms with Crippen LogP contribution in [0.3, 0.4) is 0 Å². The molecule has 0 amide bonds. The van der Waals surface area contributed by atoms with E-state index < -0.39 is 98.0 Å². The van der Waals surface area contributed by atoms with Gasteiger partial charge in [0.05, 0.1) is 6.54 Å². The van der Waals surface area contributed by atoms with Crippen LogP contribution >= 0.6 is 0 Å². The predicted octanol–water partition coefficient (Wildman–Crippen LogP) is 5.40. The van der Waals surface area contributed by atoms with E-state index in [4.69, 9.17) is 0 Å². The number of hydrogen-bond donors (Lipinski definition) is 2. The van der Waals surface area contributed by atoms with Gasteiger partial charge >= 0.3 is 65.0 Å². The van der Waals surface area contributed by atoms with Crippen LogP contribution in [-0.4, -0.2) is 79.9 Å². The zero-order valence-electron chi connectivity index (χ0n) is 24.2. The molecule has 304 valence electrons. The van der Waals surface area contributed by atoms with Gasteiger partial charge in [0, 0.05) is 0 Å². The molecule has 50 heavy (non-hydrogen) atoms. The average molecular weight is 885 g/mol. The fourth-order valence-corrected chi connectivity index (χ4v) is 4.57. The Morgan fingerprint density at radius 2 is 0.780 bits per heavy atom. The number of sulfonamides is 1. The highest BCUT2D eigenvalue weighted by molar-refractivity contribution is 7.90. The average Bonchev–Trinajstić information content (AvgIpc) is 2.89. The lowest BCUT2D eigenvalue weighted by Crippen LogP contribution is -3.00. The van der Waals surface area contributed by atoms with Gasteiger partial charge in [0.1, 0.15) is 0 Å². The first-order chi connectivity index (χ1) is 21.3. The van der Waals surface area contributed by atoms with Crippen LogP contribution in [0.1, 0.15) is 58.3 Å². The van der Waals surface area contributed by atoms with Crippen LogP contribution in [0.2, 0.25) is 0 Å². The van der Waals surface area contributed by atoms with Crippen molar-refractivity contribution in [3.05, 3.63) is 0 Å². The van der Waals surface area contributed by atoms with Crippen LogP contribution in [0.15, 0.2) is 0 Å². The molecule has 0 saturated heterocycles. The van der Waals surface area contributed by atoms with E-state index in [9.17, 15) is 109 Å². The number of quaternary nitrogens is 1. The second kappa shape index (κ2) is 15.6. The minimum absolute atomic E-state index is 0. The highest BCUT2D eigenvalue weighted by Crippen LogP contribution is 2.64. The van der Waals surface area contributed by atoms with Crippen molar-refractivity contribution >= 4 is 10.0 Å². The van der Waals surface area contributed by atoms with Crippen LogP contribution in [0.5, 0.6) is 0 Å². The summed E-state index contributed by atoms with van der Waals surface area (Å²) in [5.74, 6) is -61.9. The molecule has 0 saturated carbocycles. The van der Waals surface area contributed by atoms with E-state index in [2.05, 4.69) is 0 Å². The number of rotatable bonds is 21. The Hall–Kier alpha value is -1.26. The molecule has 0 radical (unpaired) electrons. The molecule has 3 N–H and O–H groups in total. The Bertz CT molecular complexity index is 1210.